The fourth-order valence-electron chi connectivity index (χ4n) is 3.02. The highest BCUT2D eigenvalue weighted by Crippen LogP contribution is 2.48. The number of nitrogens with zero attached hydrogens (tertiary/aromatic N) is 1. The number of halogens is 1. The monoisotopic (exact) mass is 356 g/mol. The Morgan fingerprint density at radius 2 is 1.96 bits per heavy atom. The molecule has 0 bridgehead atoms. The summed E-state index contributed by atoms with van der Waals surface area (Å²) in [6.45, 7) is -0.0251. The first-order valence-corrected chi connectivity index (χ1v) is 8.42. The molecule has 3 rings (SSSR count). The molecule has 1 N–H and O–H groups in total. The molecule has 5 nitrogen and oxygen atoms in total. The maximum absolute atomic E-state index is 13.0. The quantitative estimate of drug-likeness (QED) is 0.865. The third kappa shape index (κ3) is 4.20. The summed E-state index contributed by atoms with van der Waals surface area (Å²) in [6, 6.07) is 13.3. The highest BCUT2D eigenvalue weighted by atomic mass is 19.1. The first-order valence-electron chi connectivity index (χ1n) is 8.42. The average Bonchev–Trinajstić information content (AvgIpc) is 3.42. The van der Waals surface area contributed by atoms with Crippen molar-refractivity contribution in [1.29, 1.82) is 0 Å². The fraction of sp³-hybridized carbons (Fsp3) is 0.300. The molecule has 1 fully saturated rings. The first-order chi connectivity index (χ1) is 12.5. The van der Waals surface area contributed by atoms with Gasteiger partial charge in [-0.05, 0) is 42.2 Å². The highest BCUT2D eigenvalue weighted by Gasteiger charge is 2.45. The zero-order valence-electron chi connectivity index (χ0n) is 14.7. The second kappa shape index (κ2) is 7.56. The lowest BCUT2D eigenvalue weighted by Crippen LogP contribution is -2.36. The number of ether oxygens (including phenoxy) is 1. The predicted molar refractivity (Wildman–Crippen MR) is 96.5 cm³/mol. The molecule has 6 heteroatoms. The minimum atomic E-state index is -0.288. The molecule has 0 aliphatic heterocycles. The van der Waals surface area contributed by atoms with Crippen LogP contribution in [0.1, 0.15) is 17.9 Å². The smallest absolute Gasteiger partial charge is 0.243 e. The summed E-state index contributed by atoms with van der Waals surface area (Å²) < 4.78 is 18.1. The van der Waals surface area contributed by atoms with Gasteiger partial charge in [-0.2, -0.15) is 0 Å². The van der Waals surface area contributed by atoms with E-state index in [0.29, 0.717) is 11.4 Å². The van der Waals surface area contributed by atoms with Gasteiger partial charge in [0.15, 0.2) is 0 Å². The van der Waals surface area contributed by atoms with Crippen LogP contribution in [0, 0.1) is 11.7 Å². The molecule has 0 spiro atoms. The number of benzene rings is 2. The van der Waals surface area contributed by atoms with Gasteiger partial charge in [0.2, 0.25) is 11.8 Å². The standard InChI is InChI=1S/C20H21FN2O3/c1-23(12-19(24)22-15-4-3-5-16(10-15)26-2)20(25)18-11-17(18)13-6-8-14(21)9-7-13/h3-10,17-18H,11-12H2,1-2H3,(H,22,24)/t17-,18-/m1/s1. The van der Waals surface area contributed by atoms with Gasteiger partial charge in [-0.25, -0.2) is 4.39 Å². The molecule has 1 aliphatic rings. The van der Waals surface area contributed by atoms with E-state index in [1.165, 1.54) is 17.0 Å². The van der Waals surface area contributed by atoms with Crippen molar-refractivity contribution in [3.63, 3.8) is 0 Å². The van der Waals surface area contributed by atoms with Gasteiger partial charge >= 0.3 is 0 Å². The van der Waals surface area contributed by atoms with Crippen LogP contribution in [-0.4, -0.2) is 37.4 Å². The van der Waals surface area contributed by atoms with Crippen molar-refractivity contribution < 1.29 is 18.7 Å². The summed E-state index contributed by atoms with van der Waals surface area (Å²) in [7, 11) is 3.17. The van der Waals surface area contributed by atoms with Crippen LogP contribution in [0.25, 0.3) is 0 Å². The van der Waals surface area contributed by atoms with Gasteiger partial charge in [0.25, 0.3) is 0 Å². The van der Waals surface area contributed by atoms with Crippen LogP contribution in [0.5, 0.6) is 5.75 Å². The highest BCUT2D eigenvalue weighted by molar-refractivity contribution is 5.95. The van der Waals surface area contributed by atoms with Crippen molar-refractivity contribution in [3.05, 3.63) is 59.9 Å². The van der Waals surface area contributed by atoms with Gasteiger partial charge in [-0.3, -0.25) is 9.59 Å². The van der Waals surface area contributed by atoms with Gasteiger partial charge in [-0.15, -0.1) is 0 Å². The van der Waals surface area contributed by atoms with Crippen molar-refractivity contribution in [2.75, 3.05) is 26.0 Å². The molecule has 2 amide bonds. The van der Waals surface area contributed by atoms with Crippen LogP contribution in [0.3, 0.4) is 0 Å². The lowest BCUT2D eigenvalue weighted by molar-refractivity contribution is -0.134. The van der Waals surface area contributed by atoms with Gasteiger partial charge < -0.3 is 15.0 Å². The topological polar surface area (TPSA) is 58.6 Å². The van der Waals surface area contributed by atoms with Crippen molar-refractivity contribution >= 4 is 17.5 Å². The molecule has 0 aromatic heterocycles. The van der Waals surface area contributed by atoms with E-state index in [2.05, 4.69) is 5.32 Å². The zero-order valence-corrected chi connectivity index (χ0v) is 14.7. The third-order valence-electron chi connectivity index (χ3n) is 4.52. The molecule has 2 aromatic carbocycles. The molecule has 2 atom stereocenters. The second-order valence-electron chi connectivity index (χ2n) is 6.47. The fourth-order valence-corrected chi connectivity index (χ4v) is 3.02. The van der Waals surface area contributed by atoms with Crippen molar-refractivity contribution in [2.45, 2.75) is 12.3 Å². The Balaban J connectivity index is 1.52. The van der Waals surface area contributed by atoms with Crippen LogP contribution in [0.2, 0.25) is 0 Å². The number of likely N-dealkylation sites (N-methyl/N-ethyl adjacent to an activating group) is 1. The summed E-state index contributed by atoms with van der Waals surface area (Å²) in [5.41, 5.74) is 1.57. The molecular weight excluding hydrogens is 335 g/mol. The number of carbonyl (C=O) groups excluding carboxylic acids is 2. The normalized spacial score (nSPS) is 18.1. The molecule has 2 aromatic rings. The van der Waals surface area contributed by atoms with Crippen molar-refractivity contribution in [2.24, 2.45) is 5.92 Å². The van der Waals surface area contributed by atoms with E-state index >= 15 is 0 Å². The van der Waals surface area contributed by atoms with Crippen molar-refractivity contribution in [1.82, 2.24) is 4.90 Å². The number of hydrogen-bond acceptors (Lipinski definition) is 3. The molecule has 0 radical (unpaired) electrons. The molecule has 0 unspecified atom stereocenters. The summed E-state index contributed by atoms with van der Waals surface area (Å²) >= 11 is 0. The lowest BCUT2D eigenvalue weighted by Gasteiger charge is -2.17. The van der Waals surface area contributed by atoms with Crippen LogP contribution in [-0.2, 0) is 9.59 Å². The molecular formula is C20H21FN2O3. The molecule has 26 heavy (non-hydrogen) atoms. The average molecular weight is 356 g/mol. The number of anilines is 1. The van der Waals surface area contributed by atoms with E-state index < -0.39 is 0 Å². The Hall–Kier alpha value is -2.89. The van der Waals surface area contributed by atoms with E-state index in [1.807, 2.05) is 0 Å². The van der Waals surface area contributed by atoms with Crippen LogP contribution >= 0.6 is 0 Å². The number of hydrogen-bond donors (Lipinski definition) is 1. The first kappa shape index (κ1) is 17.9. The van der Waals surface area contributed by atoms with Gasteiger partial charge in [0.05, 0.1) is 13.7 Å². The number of rotatable bonds is 6. The number of methoxy groups -OCH3 is 1. The summed E-state index contributed by atoms with van der Waals surface area (Å²) in [5.74, 6) is -0.0220. The summed E-state index contributed by atoms with van der Waals surface area (Å²) in [4.78, 5) is 26.1. The second-order valence-corrected chi connectivity index (χ2v) is 6.47. The molecule has 1 aliphatic carbocycles. The molecule has 0 heterocycles. The van der Waals surface area contributed by atoms with Gasteiger partial charge in [0.1, 0.15) is 11.6 Å². The Morgan fingerprint density at radius 1 is 1.23 bits per heavy atom. The van der Waals surface area contributed by atoms with Crippen LogP contribution < -0.4 is 10.1 Å². The third-order valence-corrected chi connectivity index (χ3v) is 4.52. The molecule has 0 saturated heterocycles. The number of carbonyl (C=O) groups is 2. The van der Waals surface area contributed by atoms with Crippen LogP contribution in [0.15, 0.2) is 48.5 Å². The Kier molecular flexibility index (Phi) is 5.21. The maximum Gasteiger partial charge on any atom is 0.243 e. The van der Waals surface area contributed by atoms with E-state index in [0.717, 1.165) is 12.0 Å². The minimum Gasteiger partial charge on any atom is -0.497 e. The maximum atomic E-state index is 13.0. The summed E-state index contributed by atoms with van der Waals surface area (Å²) in [5, 5.41) is 2.76. The zero-order chi connectivity index (χ0) is 18.7. The Labute approximate surface area is 151 Å². The lowest BCUT2D eigenvalue weighted by atomic mass is 10.1. The largest absolute Gasteiger partial charge is 0.497 e. The van der Waals surface area contributed by atoms with Crippen LogP contribution in [0.4, 0.5) is 10.1 Å². The van der Waals surface area contributed by atoms with Gasteiger partial charge in [0, 0.05) is 24.7 Å². The predicted octanol–water partition coefficient (Wildman–Crippen LogP) is 3.03. The van der Waals surface area contributed by atoms with E-state index in [4.69, 9.17) is 4.74 Å². The molecule has 1 saturated carbocycles. The Bertz CT molecular complexity index is 807. The van der Waals surface area contributed by atoms with Crippen molar-refractivity contribution in [3.8, 4) is 5.75 Å². The SMILES string of the molecule is COc1cccc(NC(=O)CN(C)C(=O)[C@@H]2C[C@@H]2c2ccc(F)cc2)c1. The Morgan fingerprint density at radius 3 is 2.65 bits per heavy atom. The van der Waals surface area contributed by atoms with E-state index in [1.54, 1.807) is 50.6 Å². The molecule has 136 valence electrons. The number of amides is 2. The van der Waals surface area contributed by atoms with Gasteiger partial charge in [-0.1, -0.05) is 18.2 Å². The van der Waals surface area contributed by atoms with E-state index in [-0.39, 0.29) is 36.0 Å². The minimum absolute atomic E-state index is 0.0251. The summed E-state index contributed by atoms with van der Waals surface area (Å²) in [6.07, 6.45) is 0.728. The number of nitrogens with one attached hydrogen (secondary N) is 1. The van der Waals surface area contributed by atoms with E-state index in [9.17, 15) is 14.0 Å².